The summed E-state index contributed by atoms with van der Waals surface area (Å²) in [5.74, 6) is 1.23. The first-order valence-corrected chi connectivity index (χ1v) is 5.00. The summed E-state index contributed by atoms with van der Waals surface area (Å²) in [5, 5.41) is 0. The minimum absolute atomic E-state index is 0.596. The molecule has 0 aliphatic heterocycles. The summed E-state index contributed by atoms with van der Waals surface area (Å²) in [6.07, 6.45) is 6.02. The first-order chi connectivity index (χ1) is 6.00. The van der Waals surface area contributed by atoms with Gasteiger partial charge in [-0.25, -0.2) is 0 Å². The van der Waals surface area contributed by atoms with Gasteiger partial charge in [-0.15, -0.1) is 0 Å². The van der Waals surface area contributed by atoms with E-state index in [0.717, 1.165) is 0 Å². The predicted molar refractivity (Wildman–Crippen MR) is 61.7 cm³/mol. The molecule has 0 heterocycles. The van der Waals surface area contributed by atoms with Crippen LogP contribution in [0.4, 0.5) is 0 Å². The predicted octanol–water partition coefficient (Wildman–Crippen LogP) is 4.36. The highest BCUT2D eigenvalue weighted by atomic mass is 14.1. The van der Waals surface area contributed by atoms with Gasteiger partial charge in [-0.1, -0.05) is 58.1 Å². The van der Waals surface area contributed by atoms with Gasteiger partial charge < -0.3 is 0 Å². The van der Waals surface area contributed by atoms with Crippen LogP contribution in [0.3, 0.4) is 0 Å². The molecule has 0 fully saturated rings. The zero-order valence-corrected chi connectivity index (χ0v) is 9.59. The van der Waals surface area contributed by atoms with Crippen molar-refractivity contribution in [3.05, 3.63) is 36.0 Å². The number of hydrogen-bond acceptors (Lipinski definition) is 0. The van der Waals surface area contributed by atoms with E-state index in [1.807, 2.05) is 12.2 Å². The Balaban J connectivity index is 4.88. The molecule has 13 heavy (non-hydrogen) atoms. The maximum Gasteiger partial charge on any atom is -0.0219 e. The summed E-state index contributed by atoms with van der Waals surface area (Å²) in [6.45, 7) is 14.8. The maximum atomic E-state index is 3.69. The Morgan fingerprint density at radius 3 is 1.92 bits per heavy atom. The van der Waals surface area contributed by atoms with Crippen molar-refractivity contribution in [3.63, 3.8) is 0 Å². The molecule has 0 aromatic heterocycles. The van der Waals surface area contributed by atoms with E-state index in [4.69, 9.17) is 0 Å². The van der Waals surface area contributed by atoms with E-state index in [0.29, 0.717) is 11.8 Å². The van der Waals surface area contributed by atoms with Crippen molar-refractivity contribution in [2.75, 3.05) is 0 Å². The zero-order valence-electron chi connectivity index (χ0n) is 9.59. The van der Waals surface area contributed by atoms with E-state index >= 15 is 0 Å². The van der Waals surface area contributed by atoms with Crippen molar-refractivity contribution in [2.45, 2.75) is 34.6 Å². The first kappa shape index (κ1) is 12.2. The lowest BCUT2D eigenvalue weighted by molar-refractivity contribution is 0.706. The standard InChI is InChI=1S/C13H22/c1-7-8-9-13(11(4)5)12(6)10(2)3/h7-11H,1H2,2-6H3/b9-8-,13-12+. The second-order valence-corrected chi connectivity index (χ2v) is 4.04. The van der Waals surface area contributed by atoms with E-state index in [1.54, 1.807) is 0 Å². The van der Waals surface area contributed by atoms with Crippen LogP contribution in [0.15, 0.2) is 36.0 Å². The molecule has 0 atom stereocenters. The minimum atomic E-state index is 0.596. The molecule has 0 aliphatic rings. The Labute approximate surface area is 83.0 Å². The minimum Gasteiger partial charge on any atom is -0.0991 e. The molecule has 0 nitrogen and oxygen atoms in total. The normalized spacial score (nSPS) is 14.1. The molecule has 0 heteroatoms. The monoisotopic (exact) mass is 178 g/mol. The van der Waals surface area contributed by atoms with Gasteiger partial charge in [0.1, 0.15) is 0 Å². The van der Waals surface area contributed by atoms with E-state index in [2.05, 4.69) is 47.3 Å². The Kier molecular flexibility index (Phi) is 5.45. The fourth-order valence-corrected chi connectivity index (χ4v) is 1.28. The van der Waals surface area contributed by atoms with Crippen LogP contribution >= 0.6 is 0 Å². The van der Waals surface area contributed by atoms with Gasteiger partial charge in [0.2, 0.25) is 0 Å². The second kappa shape index (κ2) is 5.80. The maximum absolute atomic E-state index is 3.69. The molecule has 0 unspecified atom stereocenters. The van der Waals surface area contributed by atoms with Crippen LogP contribution in [0.1, 0.15) is 34.6 Å². The molecular formula is C13H22. The lowest BCUT2D eigenvalue weighted by Crippen LogP contribution is -2.00. The molecule has 0 aromatic rings. The highest BCUT2D eigenvalue weighted by molar-refractivity contribution is 5.29. The van der Waals surface area contributed by atoms with E-state index < -0.39 is 0 Å². The van der Waals surface area contributed by atoms with Crippen LogP contribution in [-0.2, 0) is 0 Å². The summed E-state index contributed by atoms with van der Waals surface area (Å²) in [5.41, 5.74) is 2.92. The third kappa shape index (κ3) is 4.12. The smallest absolute Gasteiger partial charge is 0.0219 e. The number of allylic oxidation sites excluding steroid dienone is 5. The average molecular weight is 178 g/mol. The zero-order chi connectivity index (χ0) is 10.4. The van der Waals surface area contributed by atoms with Crippen molar-refractivity contribution < 1.29 is 0 Å². The second-order valence-electron chi connectivity index (χ2n) is 4.04. The van der Waals surface area contributed by atoms with Crippen molar-refractivity contribution in [1.29, 1.82) is 0 Å². The Morgan fingerprint density at radius 1 is 1.08 bits per heavy atom. The lowest BCUT2D eigenvalue weighted by atomic mass is 9.91. The Hall–Kier alpha value is -0.780. The molecule has 0 N–H and O–H groups in total. The van der Waals surface area contributed by atoms with Gasteiger partial charge in [-0.2, -0.15) is 0 Å². The molecular weight excluding hydrogens is 156 g/mol. The SMILES string of the molecule is C=C/C=C\C(=C(\C)C(C)C)C(C)C. The third-order valence-corrected chi connectivity index (χ3v) is 2.36. The molecule has 0 saturated carbocycles. The first-order valence-electron chi connectivity index (χ1n) is 5.00. The molecule has 0 amide bonds. The fourth-order valence-electron chi connectivity index (χ4n) is 1.28. The summed E-state index contributed by atoms with van der Waals surface area (Å²) < 4.78 is 0. The highest BCUT2D eigenvalue weighted by Crippen LogP contribution is 2.21. The fraction of sp³-hybridized carbons (Fsp3) is 0.538. The van der Waals surface area contributed by atoms with Crippen LogP contribution in [0.25, 0.3) is 0 Å². The largest absolute Gasteiger partial charge is 0.0991 e. The molecule has 74 valence electrons. The van der Waals surface area contributed by atoms with Gasteiger partial charge in [0.25, 0.3) is 0 Å². The summed E-state index contributed by atoms with van der Waals surface area (Å²) in [7, 11) is 0. The van der Waals surface area contributed by atoms with Gasteiger partial charge in [-0.3, -0.25) is 0 Å². The van der Waals surface area contributed by atoms with Crippen molar-refractivity contribution in [3.8, 4) is 0 Å². The number of hydrogen-bond donors (Lipinski definition) is 0. The molecule has 0 saturated heterocycles. The number of rotatable bonds is 4. The Bertz CT molecular complexity index is 214. The molecule has 0 spiro atoms. The van der Waals surface area contributed by atoms with Gasteiger partial charge in [0.15, 0.2) is 0 Å². The van der Waals surface area contributed by atoms with Crippen molar-refractivity contribution in [2.24, 2.45) is 11.8 Å². The van der Waals surface area contributed by atoms with Crippen LogP contribution in [0, 0.1) is 11.8 Å². The van der Waals surface area contributed by atoms with E-state index in [1.165, 1.54) is 11.1 Å². The van der Waals surface area contributed by atoms with Crippen molar-refractivity contribution in [1.82, 2.24) is 0 Å². The van der Waals surface area contributed by atoms with Gasteiger partial charge in [0, 0.05) is 0 Å². The lowest BCUT2D eigenvalue weighted by Gasteiger charge is -2.14. The molecule has 0 radical (unpaired) electrons. The summed E-state index contributed by atoms with van der Waals surface area (Å²) in [4.78, 5) is 0. The van der Waals surface area contributed by atoms with Crippen LogP contribution in [0.5, 0.6) is 0 Å². The van der Waals surface area contributed by atoms with Gasteiger partial charge >= 0.3 is 0 Å². The average Bonchev–Trinajstić information content (AvgIpc) is 2.04. The van der Waals surface area contributed by atoms with Crippen LogP contribution in [0.2, 0.25) is 0 Å². The van der Waals surface area contributed by atoms with Gasteiger partial charge in [0.05, 0.1) is 0 Å². The third-order valence-electron chi connectivity index (χ3n) is 2.36. The van der Waals surface area contributed by atoms with E-state index in [9.17, 15) is 0 Å². The Morgan fingerprint density at radius 2 is 1.62 bits per heavy atom. The molecule has 0 aliphatic carbocycles. The molecule has 0 bridgehead atoms. The highest BCUT2D eigenvalue weighted by Gasteiger charge is 2.06. The van der Waals surface area contributed by atoms with E-state index in [-0.39, 0.29) is 0 Å². The quantitative estimate of drug-likeness (QED) is 0.561. The van der Waals surface area contributed by atoms with Crippen LogP contribution < -0.4 is 0 Å². The topological polar surface area (TPSA) is 0 Å². The molecule has 0 aromatic carbocycles. The van der Waals surface area contributed by atoms with Crippen molar-refractivity contribution >= 4 is 0 Å². The van der Waals surface area contributed by atoms with Gasteiger partial charge in [-0.05, 0) is 24.3 Å². The van der Waals surface area contributed by atoms with Crippen LogP contribution in [-0.4, -0.2) is 0 Å². The summed E-state index contributed by atoms with van der Waals surface area (Å²) >= 11 is 0. The molecule has 0 rings (SSSR count). The summed E-state index contributed by atoms with van der Waals surface area (Å²) in [6, 6.07) is 0.